The molecule has 0 aliphatic rings. The number of hydrogen-bond acceptors (Lipinski definition) is 5. The standard InChI is InChI=1S/C63H36N4S2/c1-2-12-37(13-3-1)38-22-24-40(25-23-38)61-64-62(45-27-29-57-52(32-45)48-20-10-11-21-56(48)68-57)66-63(65-61)46-35-55(59-49-28-26-39-14-8-9-19-47(39)60(49)69-58(59)36-46)67-53-33-43-17-6-4-15-41(43)30-50(53)51-31-42-16-5-7-18-44(42)34-54(51)67/h1-36H. The summed E-state index contributed by atoms with van der Waals surface area (Å²) in [6.45, 7) is 0. The van der Waals surface area contributed by atoms with Gasteiger partial charge in [0.05, 0.1) is 16.7 Å². The van der Waals surface area contributed by atoms with Crippen molar-refractivity contribution in [1.29, 1.82) is 0 Å². The van der Waals surface area contributed by atoms with Crippen LogP contribution < -0.4 is 0 Å². The molecule has 4 heterocycles. The van der Waals surface area contributed by atoms with Crippen LogP contribution in [0.5, 0.6) is 0 Å². The molecule has 0 unspecified atom stereocenters. The zero-order chi connectivity index (χ0) is 45.2. The molecule has 0 fully saturated rings. The van der Waals surface area contributed by atoms with Crippen LogP contribution in [-0.4, -0.2) is 19.5 Å². The Morgan fingerprint density at radius 3 is 1.54 bits per heavy atom. The summed E-state index contributed by atoms with van der Waals surface area (Å²) in [7, 11) is 0. The van der Waals surface area contributed by atoms with E-state index in [0.29, 0.717) is 17.5 Å². The molecule has 0 aliphatic carbocycles. The molecule has 0 amide bonds. The van der Waals surface area contributed by atoms with Crippen molar-refractivity contribution in [2.75, 3.05) is 0 Å². The van der Waals surface area contributed by atoms with Crippen LogP contribution in [0.25, 0.3) is 145 Å². The van der Waals surface area contributed by atoms with E-state index in [1.54, 1.807) is 0 Å². The summed E-state index contributed by atoms with van der Waals surface area (Å²) in [6, 6.07) is 79.3. The lowest BCUT2D eigenvalue weighted by atomic mass is 10.0. The number of thiophene rings is 2. The first-order chi connectivity index (χ1) is 34.1. The molecule has 0 saturated heterocycles. The third-order valence-electron chi connectivity index (χ3n) is 14.0. The molecule has 0 bridgehead atoms. The van der Waals surface area contributed by atoms with Gasteiger partial charge in [-0.15, -0.1) is 22.7 Å². The lowest BCUT2D eigenvalue weighted by molar-refractivity contribution is 1.07. The monoisotopic (exact) mass is 912 g/mol. The summed E-state index contributed by atoms with van der Waals surface area (Å²) in [6.07, 6.45) is 0. The molecule has 0 aliphatic heterocycles. The molecule has 0 radical (unpaired) electrons. The Labute approximate surface area is 403 Å². The van der Waals surface area contributed by atoms with Crippen molar-refractivity contribution in [2.45, 2.75) is 0 Å². The van der Waals surface area contributed by atoms with Gasteiger partial charge in [-0.1, -0.05) is 158 Å². The van der Waals surface area contributed by atoms with Gasteiger partial charge in [0.25, 0.3) is 0 Å². The molecular formula is C63H36N4S2. The third-order valence-corrected chi connectivity index (χ3v) is 16.3. The van der Waals surface area contributed by atoms with Crippen molar-refractivity contribution in [3.05, 3.63) is 218 Å². The fraction of sp³-hybridized carbons (Fsp3) is 0. The van der Waals surface area contributed by atoms with Gasteiger partial charge in [-0.3, -0.25) is 0 Å². The summed E-state index contributed by atoms with van der Waals surface area (Å²) in [4.78, 5) is 16.2. The smallest absolute Gasteiger partial charge is 0.164 e. The Hall–Kier alpha value is -8.55. The normalized spacial score (nSPS) is 12.1. The predicted octanol–water partition coefficient (Wildman–Crippen LogP) is 17.8. The molecule has 0 spiro atoms. The summed E-state index contributed by atoms with van der Waals surface area (Å²) >= 11 is 3.66. The van der Waals surface area contributed by atoms with E-state index >= 15 is 0 Å². The van der Waals surface area contributed by atoms with Gasteiger partial charge in [-0.25, -0.2) is 15.0 Å². The number of hydrogen-bond donors (Lipinski definition) is 0. The van der Waals surface area contributed by atoms with Crippen molar-refractivity contribution in [2.24, 2.45) is 0 Å². The Morgan fingerprint density at radius 2 is 0.826 bits per heavy atom. The van der Waals surface area contributed by atoms with Crippen LogP contribution in [-0.2, 0) is 0 Å². The molecule has 15 aromatic rings. The number of rotatable bonds is 5. The zero-order valence-corrected chi connectivity index (χ0v) is 38.5. The van der Waals surface area contributed by atoms with Gasteiger partial charge in [0, 0.05) is 67.8 Å². The molecule has 6 heteroatoms. The zero-order valence-electron chi connectivity index (χ0n) is 36.9. The fourth-order valence-electron chi connectivity index (χ4n) is 10.6. The van der Waals surface area contributed by atoms with Gasteiger partial charge in [0.15, 0.2) is 17.5 Å². The van der Waals surface area contributed by atoms with E-state index in [2.05, 4.69) is 223 Å². The maximum atomic E-state index is 5.45. The molecule has 0 atom stereocenters. The van der Waals surface area contributed by atoms with Crippen molar-refractivity contribution in [3.63, 3.8) is 0 Å². The van der Waals surface area contributed by atoms with Crippen molar-refractivity contribution < 1.29 is 0 Å². The average Bonchev–Trinajstić information content (AvgIpc) is 4.08. The van der Waals surface area contributed by atoms with E-state index in [1.807, 2.05) is 22.7 Å². The molecule has 0 saturated carbocycles. The molecule has 4 aromatic heterocycles. The Bertz CT molecular complexity index is 4510. The first-order valence-electron chi connectivity index (χ1n) is 23.2. The number of fused-ring (bicyclic) bond motifs is 13. The Balaban J connectivity index is 1.03. The van der Waals surface area contributed by atoms with Crippen LogP contribution in [0.2, 0.25) is 0 Å². The molecular weight excluding hydrogens is 877 g/mol. The van der Waals surface area contributed by atoms with Gasteiger partial charge < -0.3 is 4.57 Å². The van der Waals surface area contributed by atoms with Crippen LogP contribution in [0.1, 0.15) is 0 Å². The molecule has 320 valence electrons. The molecule has 15 rings (SSSR count). The van der Waals surface area contributed by atoms with Crippen LogP contribution in [0, 0.1) is 0 Å². The fourth-order valence-corrected chi connectivity index (χ4v) is 13.0. The minimum absolute atomic E-state index is 0.625. The van der Waals surface area contributed by atoms with Gasteiger partial charge >= 0.3 is 0 Å². The highest BCUT2D eigenvalue weighted by Crippen LogP contribution is 2.46. The second-order valence-electron chi connectivity index (χ2n) is 18.0. The second-order valence-corrected chi connectivity index (χ2v) is 20.1. The van der Waals surface area contributed by atoms with Gasteiger partial charge in [0.1, 0.15) is 0 Å². The van der Waals surface area contributed by atoms with E-state index < -0.39 is 0 Å². The van der Waals surface area contributed by atoms with Crippen molar-refractivity contribution >= 4 is 117 Å². The van der Waals surface area contributed by atoms with E-state index in [1.165, 1.54) is 89.0 Å². The van der Waals surface area contributed by atoms with Crippen molar-refractivity contribution in [3.8, 4) is 51.0 Å². The van der Waals surface area contributed by atoms with E-state index in [4.69, 9.17) is 15.0 Å². The first kappa shape index (κ1) is 38.5. The topological polar surface area (TPSA) is 43.6 Å². The Morgan fingerprint density at radius 1 is 0.290 bits per heavy atom. The molecule has 0 N–H and O–H groups in total. The average molecular weight is 913 g/mol. The van der Waals surface area contributed by atoms with Crippen LogP contribution in [0.4, 0.5) is 0 Å². The number of nitrogens with zero attached hydrogens (tertiary/aromatic N) is 4. The lowest BCUT2D eigenvalue weighted by Crippen LogP contribution is -2.01. The van der Waals surface area contributed by atoms with Gasteiger partial charge in [0.2, 0.25) is 0 Å². The van der Waals surface area contributed by atoms with Gasteiger partial charge in [-0.2, -0.15) is 0 Å². The minimum Gasteiger partial charge on any atom is -0.308 e. The third kappa shape index (κ3) is 6.09. The summed E-state index contributed by atoms with van der Waals surface area (Å²) < 4.78 is 7.46. The molecule has 69 heavy (non-hydrogen) atoms. The van der Waals surface area contributed by atoms with Crippen LogP contribution >= 0.6 is 22.7 Å². The quantitative estimate of drug-likeness (QED) is 0.173. The Kier molecular flexibility index (Phi) is 8.37. The highest BCUT2D eigenvalue weighted by Gasteiger charge is 2.23. The van der Waals surface area contributed by atoms with E-state index in [-0.39, 0.29) is 0 Å². The summed E-state index contributed by atoms with van der Waals surface area (Å²) in [5.74, 6) is 1.89. The van der Waals surface area contributed by atoms with Crippen LogP contribution in [0.3, 0.4) is 0 Å². The maximum absolute atomic E-state index is 5.45. The molecule has 11 aromatic carbocycles. The first-order valence-corrected chi connectivity index (χ1v) is 24.9. The minimum atomic E-state index is 0.625. The summed E-state index contributed by atoms with van der Waals surface area (Å²) in [5, 5.41) is 14.7. The molecule has 4 nitrogen and oxygen atoms in total. The van der Waals surface area contributed by atoms with Crippen LogP contribution in [0.15, 0.2) is 218 Å². The largest absolute Gasteiger partial charge is 0.308 e. The second kappa shape index (κ2) is 15.0. The highest BCUT2D eigenvalue weighted by atomic mass is 32.1. The summed E-state index contributed by atoms with van der Waals surface area (Å²) in [5.41, 5.74) is 8.52. The number of benzene rings is 11. The number of aromatic nitrogens is 4. The van der Waals surface area contributed by atoms with E-state index in [0.717, 1.165) is 39.0 Å². The maximum Gasteiger partial charge on any atom is 0.164 e. The SMILES string of the molecule is c1ccc(-c2ccc(-c3nc(-c4cc(-n5c6cc7ccccc7cc6c6cc7ccccc7cc65)c5c(c4)sc4c6ccccc6ccc45)nc(-c4ccc5sc6ccccc6c5c4)n3)cc2)cc1. The van der Waals surface area contributed by atoms with Crippen molar-refractivity contribution in [1.82, 2.24) is 19.5 Å². The highest BCUT2D eigenvalue weighted by molar-refractivity contribution is 7.27. The van der Waals surface area contributed by atoms with Gasteiger partial charge in [-0.05, 0) is 104 Å². The van der Waals surface area contributed by atoms with E-state index in [9.17, 15) is 0 Å². The lowest BCUT2D eigenvalue weighted by Gasteiger charge is -2.14. The predicted molar refractivity (Wildman–Crippen MR) is 294 cm³/mol.